The lowest BCUT2D eigenvalue weighted by atomic mass is 9.75. The predicted molar refractivity (Wildman–Crippen MR) is 61.7 cm³/mol. The molecule has 3 heteroatoms. The van der Waals surface area contributed by atoms with Crippen molar-refractivity contribution >= 4 is 12.3 Å². The zero-order valence-electron chi connectivity index (χ0n) is 10.3. The molecule has 0 bridgehead atoms. The first-order valence-electron chi connectivity index (χ1n) is 6.23. The van der Waals surface area contributed by atoms with Crippen molar-refractivity contribution < 1.29 is 14.3 Å². The van der Waals surface area contributed by atoms with E-state index in [4.69, 9.17) is 4.74 Å². The van der Waals surface area contributed by atoms with Crippen molar-refractivity contribution in [2.75, 3.05) is 0 Å². The number of hydrogen-bond acceptors (Lipinski definition) is 3. The second-order valence-corrected chi connectivity index (χ2v) is 4.67. The molecule has 1 radical (unpaired) electrons. The molecule has 0 aliphatic heterocycles. The summed E-state index contributed by atoms with van der Waals surface area (Å²) in [5.41, 5.74) is -0.971. The Balaban J connectivity index is 2.80. The molecule has 3 nitrogen and oxygen atoms in total. The minimum Gasteiger partial charge on any atom is -0.450 e. The van der Waals surface area contributed by atoms with Gasteiger partial charge in [0.25, 0.3) is 0 Å². The molecule has 0 aromatic heterocycles. The first kappa shape index (κ1) is 13.2. The first-order valence-corrected chi connectivity index (χ1v) is 6.23. The Morgan fingerprint density at radius 2 is 2.00 bits per heavy atom. The standard InChI is InChI=1S/C13H21O3/c1-3-9-13(10-14,16-11(2)15)12-7-5-4-6-8-12/h12H,3-9H2,1-2H3. The van der Waals surface area contributed by atoms with Crippen LogP contribution in [-0.4, -0.2) is 17.9 Å². The number of carbonyl (C=O) groups is 1. The molecule has 1 aliphatic carbocycles. The van der Waals surface area contributed by atoms with Crippen molar-refractivity contribution in [1.29, 1.82) is 0 Å². The number of esters is 1. The van der Waals surface area contributed by atoms with Gasteiger partial charge in [-0.15, -0.1) is 0 Å². The van der Waals surface area contributed by atoms with E-state index in [1.807, 2.05) is 13.2 Å². The fourth-order valence-electron chi connectivity index (χ4n) is 2.69. The Labute approximate surface area is 97.5 Å². The van der Waals surface area contributed by atoms with Crippen LogP contribution in [0.1, 0.15) is 58.8 Å². The topological polar surface area (TPSA) is 43.4 Å². The summed E-state index contributed by atoms with van der Waals surface area (Å²) in [6.45, 7) is 3.36. The molecule has 0 spiro atoms. The van der Waals surface area contributed by atoms with E-state index in [1.54, 1.807) is 0 Å². The van der Waals surface area contributed by atoms with Crippen molar-refractivity contribution in [3.05, 3.63) is 0 Å². The van der Waals surface area contributed by atoms with Crippen molar-refractivity contribution in [2.45, 2.75) is 64.4 Å². The number of hydrogen-bond donors (Lipinski definition) is 0. The van der Waals surface area contributed by atoms with Gasteiger partial charge in [-0.1, -0.05) is 32.6 Å². The highest BCUT2D eigenvalue weighted by atomic mass is 16.6. The molecular weight excluding hydrogens is 204 g/mol. The molecular formula is C13H21O3. The van der Waals surface area contributed by atoms with Gasteiger partial charge in [0, 0.05) is 12.8 Å². The molecule has 1 aliphatic rings. The van der Waals surface area contributed by atoms with E-state index in [2.05, 4.69) is 0 Å². The van der Waals surface area contributed by atoms with Crippen LogP contribution in [0.4, 0.5) is 0 Å². The Kier molecular flexibility index (Phi) is 4.97. The van der Waals surface area contributed by atoms with Gasteiger partial charge in [-0.2, -0.15) is 0 Å². The summed E-state index contributed by atoms with van der Waals surface area (Å²) < 4.78 is 5.30. The summed E-state index contributed by atoms with van der Waals surface area (Å²) >= 11 is 0. The Morgan fingerprint density at radius 3 is 2.44 bits per heavy atom. The molecule has 1 unspecified atom stereocenters. The zero-order chi connectivity index (χ0) is 12.0. The second kappa shape index (κ2) is 6.02. The Hall–Kier alpha value is -0.860. The molecule has 91 valence electrons. The van der Waals surface area contributed by atoms with E-state index >= 15 is 0 Å². The van der Waals surface area contributed by atoms with E-state index in [1.165, 1.54) is 13.3 Å². The second-order valence-electron chi connectivity index (χ2n) is 4.67. The van der Waals surface area contributed by atoms with E-state index in [-0.39, 0.29) is 11.9 Å². The summed E-state index contributed by atoms with van der Waals surface area (Å²) in [5, 5.41) is 0. The Bertz CT molecular complexity index is 244. The molecule has 16 heavy (non-hydrogen) atoms. The summed E-state index contributed by atoms with van der Waals surface area (Å²) in [7, 11) is 0. The zero-order valence-corrected chi connectivity index (χ0v) is 10.3. The number of carbonyl (C=O) groups excluding carboxylic acids is 2. The van der Waals surface area contributed by atoms with Crippen LogP contribution < -0.4 is 0 Å². The van der Waals surface area contributed by atoms with Gasteiger partial charge in [0.05, 0.1) is 0 Å². The smallest absolute Gasteiger partial charge is 0.303 e. The molecule has 0 aromatic rings. The highest BCUT2D eigenvalue weighted by molar-refractivity contribution is 5.73. The predicted octanol–water partition coefficient (Wildman–Crippen LogP) is 2.78. The molecule has 1 atom stereocenters. The lowest BCUT2D eigenvalue weighted by Gasteiger charge is -2.36. The molecule has 0 aromatic carbocycles. The minimum atomic E-state index is -0.971. The summed E-state index contributed by atoms with van der Waals surface area (Å²) in [6.07, 6.45) is 8.87. The van der Waals surface area contributed by atoms with Gasteiger partial charge in [-0.25, -0.2) is 0 Å². The third kappa shape index (κ3) is 3.06. The maximum absolute atomic E-state index is 11.2. The summed E-state index contributed by atoms with van der Waals surface area (Å²) in [6, 6.07) is 0. The molecule has 1 saturated carbocycles. The van der Waals surface area contributed by atoms with E-state index in [0.717, 1.165) is 32.1 Å². The third-order valence-electron chi connectivity index (χ3n) is 3.38. The van der Waals surface area contributed by atoms with Gasteiger partial charge >= 0.3 is 5.97 Å². The average Bonchev–Trinajstić information content (AvgIpc) is 2.29. The number of ether oxygens (including phenoxy) is 1. The van der Waals surface area contributed by atoms with E-state index in [0.29, 0.717) is 6.42 Å². The van der Waals surface area contributed by atoms with Crippen LogP contribution >= 0.6 is 0 Å². The highest BCUT2D eigenvalue weighted by Crippen LogP contribution is 2.37. The van der Waals surface area contributed by atoms with Crippen molar-refractivity contribution in [3.63, 3.8) is 0 Å². The SMILES string of the molecule is CCCC([C]=O)(OC(C)=O)C1CCCCC1. The lowest BCUT2D eigenvalue weighted by molar-refractivity contribution is -0.156. The lowest BCUT2D eigenvalue weighted by Crippen LogP contribution is -2.44. The average molecular weight is 225 g/mol. The minimum absolute atomic E-state index is 0.169. The van der Waals surface area contributed by atoms with E-state index < -0.39 is 5.60 Å². The summed E-state index contributed by atoms with van der Waals surface area (Å²) in [5.74, 6) is -0.204. The van der Waals surface area contributed by atoms with Crippen LogP contribution in [0.3, 0.4) is 0 Å². The van der Waals surface area contributed by atoms with Gasteiger partial charge in [0.15, 0.2) is 5.60 Å². The summed E-state index contributed by atoms with van der Waals surface area (Å²) in [4.78, 5) is 22.4. The van der Waals surface area contributed by atoms with Crippen molar-refractivity contribution in [2.24, 2.45) is 5.92 Å². The Morgan fingerprint density at radius 1 is 1.38 bits per heavy atom. The van der Waals surface area contributed by atoms with Crippen molar-refractivity contribution in [3.8, 4) is 0 Å². The first-order chi connectivity index (χ1) is 7.64. The normalized spacial score (nSPS) is 21.1. The molecule has 1 fully saturated rings. The van der Waals surface area contributed by atoms with Gasteiger partial charge < -0.3 is 4.74 Å². The van der Waals surface area contributed by atoms with Crippen LogP contribution in [0.15, 0.2) is 0 Å². The van der Waals surface area contributed by atoms with Crippen LogP contribution in [-0.2, 0) is 14.3 Å². The maximum atomic E-state index is 11.2. The molecule has 0 saturated heterocycles. The van der Waals surface area contributed by atoms with Crippen LogP contribution in [0.25, 0.3) is 0 Å². The monoisotopic (exact) mass is 225 g/mol. The fourth-order valence-corrected chi connectivity index (χ4v) is 2.69. The quantitative estimate of drug-likeness (QED) is 0.676. The number of rotatable bonds is 5. The molecule has 1 rings (SSSR count). The van der Waals surface area contributed by atoms with Crippen LogP contribution in [0.5, 0.6) is 0 Å². The van der Waals surface area contributed by atoms with Crippen LogP contribution in [0.2, 0.25) is 0 Å². The van der Waals surface area contributed by atoms with Crippen molar-refractivity contribution in [1.82, 2.24) is 0 Å². The van der Waals surface area contributed by atoms with E-state index in [9.17, 15) is 9.59 Å². The van der Waals surface area contributed by atoms with Crippen LogP contribution in [0, 0.1) is 5.92 Å². The molecule has 0 heterocycles. The van der Waals surface area contributed by atoms with Gasteiger partial charge in [0.1, 0.15) is 0 Å². The maximum Gasteiger partial charge on any atom is 0.303 e. The van der Waals surface area contributed by atoms with Gasteiger partial charge in [0.2, 0.25) is 6.29 Å². The van der Waals surface area contributed by atoms with Gasteiger partial charge in [-0.05, 0) is 19.3 Å². The molecule has 0 N–H and O–H groups in total. The molecule has 0 amide bonds. The largest absolute Gasteiger partial charge is 0.450 e. The third-order valence-corrected chi connectivity index (χ3v) is 3.38. The fraction of sp³-hybridized carbons (Fsp3) is 0.846. The highest BCUT2D eigenvalue weighted by Gasteiger charge is 2.42. The van der Waals surface area contributed by atoms with Gasteiger partial charge in [-0.3, -0.25) is 9.59 Å².